The lowest BCUT2D eigenvalue weighted by Crippen LogP contribution is -2.43. The number of rotatable bonds is 12. The number of aromatic nitrogens is 3. The van der Waals surface area contributed by atoms with Crippen LogP contribution in [0.1, 0.15) is 15.9 Å². The first kappa shape index (κ1) is 36.2. The van der Waals surface area contributed by atoms with Gasteiger partial charge in [-0.2, -0.15) is 4.39 Å². The first-order valence-corrected chi connectivity index (χ1v) is 17.1. The van der Waals surface area contributed by atoms with E-state index < -0.39 is 56.8 Å². The standard InChI is InChI=1S/C37H28F3N5O7S/c1-51-29-4-3-5-30(52-2)32(29)25-11-8-22(34-35(25)43-15-14-42-34)16-28(37(47)48)44-36(46)33-26(38)18-23(19-27(33)39)45-53(49,50)24-9-6-20(7-10-24)21-12-13-41-31(40)17-21/h3-15,17-19,28,45H,16H2,1-2H3,(H,44,46)(H,47,48). The molecule has 53 heavy (non-hydrogen) atoms. The summed E-state index contributed by atoms with van der Waals surface area (Å²) >= 11 is 0. The quantitative estimate of drug-likeness (QED) is 0.126. The topological polar surface area (TPSA) is 170 Å². The third-order valence-electron chi connectivity index (χ3n) is 8.18. The molecule has 0 saturated carbocycles. The fourth-order valence-electron chi connectivity index (χ4n) is 5.72. The van der Waals surface area contributed by atoms with E-state index in [2.05, 4.69) is 25.0 Å². The van der Waals surface area contributed by atoms with Crippen LogP contribution in [0.2, 0.25) is 0 Å². The normalized spacial score (nSPS) is 11.9. The Morgan fingerprint density at radius 1 is 0.792 bits per heavy atom. The molecule has 16 heteroatoms. The van der Waals surface area contributed by atoms with E-state index in [-0.39, 0.29) is 11.3 Å². The smallest absolute Gasteiger partial charge is 0.326 e. The Morgan fingerprint density at radius 3 is 2.04 bits per heavy atom. The van der Waals surface area contributed by atoms with Gasteiger partial charge in [-0.05, 0) is 59.2 Å². The Bertz CT molecular complexity index is 2440. The van der Waals surface area contributed by atoms with Crippen LogP contribution < -0.4 is 19.5 Å². The molecule has 6 aromatic rings. The number of carboxylic acids is 1. The number of carbonyl (C=O) groups is 2. The Labute approximate surface area is 300 Å². The minimum atomic E-state index is -4.37. The van der Waals surface area contributed by atoms with Crippen LogP contribution in [0, 0.1) is 17.6 Å². The van der Waals surface area contributed by atoms with Gasteiger partial charge >= 0.3 is 5.97 Å². The molecule has 0 bridgehead atoms. The summed E-state index contributed by atoms with van der Waals surface area (Å²) in [7, 11) is -1.38. The van der Waals surface area contributed by atoms with Crippen LogP contribution in [-0.2, 0) is 21.2 Å². The van der Waals surface area contributed by atoms with E-state index in [0.717, 1.165) is 0 Å². The van der Waals surface area contributed by atoms with Crippen molar-refractivity contribution in [2.75, 3.05) is 18.9 Å². The van der Waals surface area contributed by atoms with Crippen molar-refractivity contribution in [3.8, 4) is 33.8 Å². The van der Waals surface area contributed by atoms with E-state index in [1.54, 1.807) is 30.3 Å². The number of methoxy groups -OCH3 is 2. The van der Waals surface area contributed by atoms with Crippen LogP contribution in [0.5, 0.6) is 11.5 Å². The maximum absolute atomic E-state index is 15.3. The molecule has 0 radical (unpaired) electrons. The second kappa shape index (κ2) is 15.0. The molecule has 12 nitrogen and oxygen atoms in total. The van der Waals surface area contributed by atoms with Crippen LogP contribution >= 0.6 is 0 Å². The first-order valence-electron chi connectivity index (χ1n) is 15.6. The highest BCUT2D eigenvalue weighted by atomic mass is 32.2. The molecule has 0 saturated heterocycles. The van der Waals surface area contributed by atoms with Crippen molar-refractivity contribution < 1.29 is 45.8 Å². The lowest BCUT2D eigenvalue weighted by molar-refractivity contribution is -0.139. The number of benzene rings is 4. The van der Waals surface area contributed by atoms with Crippen LogP contribution in [0.15, 0.2) is 102 Å². The largest absolute Gasteiger partial charge is 0.496 e. The molecule has 0 aliphatic carbocycles. The summed E-state index contributed by atoms with van der Waals surface area (Å²) in [5.41, 5.74) is 1.44. The molecule has 2 aromatic heterocycles. The van der Waals surface area contributed by atoms with Gasteiger partial charge in [0.2, 0.25) is 5.95 Å². The summed E-state index contributed by atoms with van der Waals surface area (Å²) in [5, 5.41) is 12.2. The number of anilines is 1. The lowest BCUT2D eigenvalue weighted by Gasteiger charge is -2.18. The van der Waals surface area contributed by atoms with Crippen molar-refractivity contribution in [2.24, 2.45) is 0 Å². The van der Waals surface area contributed by atoms with Gasteiger partial charge in [0.15, 0.2) is 0 Å². The molecular formula is C37H28F3N5O7S. The number of hydrogen-bond acceptors (Lipinski definition) is 9. The first-order chi connectivity index (χ1) is 25.4. The minimum Gasteiger partial charge on any atom is -0.496 e. The number of ether oxygens (including phenoxy) is 2. The van der Waals surface area contributed by atoms with Gasteiger partial charge in [-0.15, -0.1) is 0 Å². The molecule has 2 heterocycles. The number of sulfonamides is 1. The summed E-state index contributed by atoms with van der Waals surface area (Å²) in [6, 6.07) is 15.9. The van der Waals surface area contributed by atoms with Gasteiger partial charge in [0, 0.05) is 36.6 Å². The van der Waals surface area contributed by atoms with Crippen molar-refractivity contribution >= 4 is 38.6 Å². The van der Waals surface area contributed by atoms with E-state index in [0.29, 0.717) is 62.5 Å². The maximum Gasteiger partial charge on any atom is 0.326 e. The van der Waals surface area contributed by atoms with Crippen molar-refractivity contribution in [3.63, 3.8) is 0 Å². The van der Waals surface area contributed by atoms with E-state index in [4.69, 9.17) is 9.47 Å². The second-order valence-corrected chi connectivity index (χ2v) is 13.1. The van der Waals surface area contributed by atoms with Crippen LogP contribution in [0.25, 0.3) is 33.3 Å². The Kier molecular flexibility index (Phi) is 10.2. The third kappa shape index (κ3) is 7.57. The zero-order valence-corrected chi connectivity index (χ0v) is 28.6. The maximum atomic E-state index is 15.3. The Morgan fingerprint density at radius 2 is 1.43 bits per heavy atom. The van der Waals surface area contributed by atoms with Gasteiger partial charge in [0.1, 0.15) is 34.7 Å². The van der Waals surface area contributed by atoms with Crippen molar-refractivity contribution in [2.45, 2.75) is 17.4 Å². The van der Waals surface area contributed by atoms with Crippen LogP contribution in [0.3, 0.4) is 0 Å². The molecule has 3 N–H and O–H groups in total. The predicted molar refractivity (Wildman–Crippen MR) is 187 cm³/mol. The molecule has 1 amide bonds. The van der Waals surface area contributed by atoms with Gasteiger partial charge in [0.25, 0.3) is 15.9 Å². The zero-order valence-electron chi connectivity index (χ0n) is 27.8. The number of hydrogen-bond donors (Lipinski definition) is 3. The van der Waals surface area contributed by atoms with Gasteiger partial charge < -0.3 is 19.9 Å². The molecule has 1 unspecified atom stereocenters. The number of amides is 1. The van der Waals surface area contributed by atoms with Crippen LogP contribution in [-0.4, -0.2) is 60.6 Å². The van der Waals surface area contributed by atoms with E-state index in [9.17, 15) is 27.5 Å². The summed E-state index contributed by atoms with van der Waals surface area (Å²) in [5.74, 6) is -5.56. The molecular weight excluding hydrogens is 715 g/mol. The number of carboxylic acid groups (broad SMARTS) is 1. The molecule has 270 valence electrons. The number of aliphatic carboxylic acids is 1. The fraction of sp³-hybridized carbons (Fsp3) is 0.108. The highest BCUT2D eigenvalue weighted by Gasteiger charge is 2.28. The molecule has 0 fully saturated rings. The number of halogens is 3. The molecule has 0 aliphatic rings. The number of pyridine rings is 1. The van der Waals surface area contributed by atoms with Crippen molar-refractivity contribution in [1.29, 1.82) is 0 Å². The molecule has 0 spiro atoms. The Hall–Kier alpha value is -6.55. The average Bonchev–Trinajstić information content (AvgIpc) is 3.14. The zero-order chi connectivity index (χ0) is 37.9. The van der Waals surface area contributed by atoms with Gasteiger partial charge in [-0.25, -0.2) is 27.0 Å². The number of carbonyl (C=O) groups excluding carboxylic acids is 1. The summed E-state index contributed by atoms with van der Waals surface area (Å²) < 4.78 is 83.2. The summed E-state index contributed by atoms with van der Waals surface area (Å²) in [4.78, 5) is 37.5. The number of fused-ring (bicyclic) bond motifs is 1. The number of nitrogens with one attached hydrogen (secondary N) is 2. The van der Waals surface area contributed by atoms with Gasteiger partial charge in [-0.3, -0.25) is 19.5 Å². The van der Waals surface area contributed by atoms with E-state index >= 15 is 8.78 Å². The second-order valence-electron chi connectivity index (χ2n) is 11.4. The average molecular weight is 744 g/mol. The predicted octanol–water partition coefficient (Wildman–Crippen LogP) is 6.02. The molecule has 6 rings (SSSR count). The summed E-state index contributed by atoms with van der Waals surface area (Å²) in [6.07, 6.45) is 3.76. The monoisotopic (exact) mass is 743 g/mol. The third-order valence-corrected chi connectivity index (χ3v) is 9.58. The highest BCUT2D eigenvalue weighted by Crippen LogP contribution is 2.41. The lowest BCUT2D eigenvalue weighted by atomic mass is 9.96. The molecule has 1 atom stereocenters. The number of nitrogens with zero attached hydrogens (tertiary/aromatic N) is 3. The molecule has 0 aliphatic heterocycles. The van der Waals surface area contributed by atoms with Gasteiger partial charge in [0.05, 0.1) is 41.4 Å². The SMILES string of the molecule is COc1cccc(OC)c1-c1ccc(CC(NC(=O)c2c(F)cc(NS(=O)(=O)c3ccc(-c4ccnc(F)c4)cc3)cc2F)C(=O)O)c2nccnc12. The Balaban J connectivity index is 1.22. The van der Waals surface area contributed by atoms with Crippen LogP contribution in [0.4, 0.5) is 18.9 Å². The summed E-state index contributed by atoms with van der Waals surface area (Å²) in [6.45, 7) is 0. The van der Waals surface area contributed by atoms with E-state index in [1.165, 1.54) is 69.2 Å². The van der Waals surface area contributed by atoms with E-state index in [1.807, 2.05) is 0 Å². The minimum absolute atomic E-state index is 0.269. The molecule has 4 aromatic carbocycles. The van der Waals surface area contributed by atoms with Crippen molar-refractivity contribution in [3.05, 3.63) is 126 Å². The van der Waals surface area contributed by atoms with Gasteiger partial charge in [-0.1, -0.05) is 30.3 Å². The highest BCUT2D eigenvalue weighted by molar-refractivity contribution is 7.92. The fourth-order valence-corrected chi connectivity index (χ4v) is 6.76. The van der Waals surface area contributed by atoms with Crippen molar-refractivity contribution in [1.82, 2.24) is 20.3 Å².